The third-order valence-corrected chi connectivity index (χ3v) is 13.2. The van der Waals surface area contributed by atoms with Gasteiger partial charge in [0.1, 0.15) is 17.3 Å². The summed E-state index contributed by atoms with van der Waals surface area (Å²) in [5.74, 6) is 2.52. The van der Waals surface area contributed by atoms with E-state index in [1.807, 2.05) is 6.20 Å². The Bertz CT molecular complexity index is 3100. The molecule has 2 aromatic heterocycles. The molecule has 62 heavy (non-hydrogen) atoms. The maximum Gasteiger partial charge on any atom is 0.137 e. The average molecular weight is 807 g/mol. The molecule has 5 nitrogen and oxygen atoms in total. The fourth-order valence-electron chi connectivity index (χ4n) is 10.0. The minimum atomic E-state index is -0.194. The maximum absolute atomic E-state index is 6.85. The molecule has 0 aliphatic carbocycles. The average Bonchev–Trinajstić information content (AvgIpc) is 3.83. The van der Waals surface area contributed by atoms with Crippen LogP contribution in [0.4, 0.5) is 17.1 Å². The lowest BCUT2D eigenvalue weighted by atomic mass is 9.73. The van der Waals surface area contributed by atoms with Crippen LogP contribution in [0.15, 0.2) is 176 Å². The molecule has 7 aromatic carbocycles. The van der Waals surface area contributed by atoms with E-state index in [9.17, 15) is 0 Å². The topological polar surface area (TPSA) is 33.5 Å². The number of anilines is 3. The summed E-state index contributed by atoms with van der Waals surface area (Å²) in [5, 5.41) is 2.37. The second-order valence-electron chi connectivity index (χ2n) is 18.4. The molecular formula is C57H50N4O. The highest BCUT2D eigenvalue weighted by molar-refractivity contribution is 6.09. The van der Waals surface area contributed by atoms with E-state index >= 15 is 0 Å². The van der Waals surface area contributed by atoms with Crippen LogP contribution in [0, 0.1) is 0 Å². The van der Waals surface area contributed by atoms with Gasteiger partial charge in [-0.15, -0.1) is 0 Å². The van der Waals surface area contributed by atoms with Gasteiger partial charge in [-0.3, -0.25) is 4.57 Å². The van der Waals surface area contributed by atoms with Crippen molar-refractivity contribution < 1.29 is 4.74 Å². The van der Waals surface area contributed by atoms with Crippen molar-refractivity contribution in [3.05, 3.63) is 198 Å². The van der Waals surface area contributed by atoms with Gasteiger partial charge in [-0.1, -0.05) is 150 Å². The standard InChI is InChI=1S/C57H50N4O/c1-56(2,3)40-30-32-58-54(34-40)61-50-24-13-12-20-46(50)47-28-26-41(35-52(47)61)62-42-27-29-48-53(36-42)60-37-59(51-25-15-23-49(55(51)60)57(48,4)5)33-31-45-43(38-16-8-6-9-17-38)21-14-22-44(45)39-18-10-7-11-19-39/h6-30,32,34-36H,31,33,37H2,1-5H3. The van der Waals surface area contributed by atoms with E-state index in [1.165, 1.54) is 72.3 Å². The molecule has 0 fully saturated rings. The number of aromatic nitrogens is 2. The Labute approximate surface area is 364 Å². The van der Waals surface area contributed by atoms with Crippen molar-refractivity contribution in [2.45, 2.75) is 51.9 Å². The molecule has 0 saturated carbocycles. The van der Waals surface area contributed by atoms with Crippen molar-refractivity contribution in [3.8, 4) is 39.6 Å². The predicted molar refractivity (Wildman–Crippen MR) is 258 cm³/mol. The second kappa shape index (κ2) is 14.5. The number of fused-ring (bicyclic) bond motifs is 5. The Hall–Kier alpha value is -7.11. The third kappa shape index (κ3) is 6.25. The number of benzene rings is 7. The smallest absolute Gasteiger partial charge is 0.137 e. The minimum Gasteiger partial charge on any atom is -0.457 e. The van der Waals surface area contributed by atoms with E-state index in [1.54, 1.807) is 0 Å². The predicted octanol–water partition coefficient (Wildman–Crippen LogP) is 14.4. The molecule has 0 amide bonds. The Kier molecular flexibility index (Phi) is 8.87. The highest BCUT2D eigenvalue weighted by atomic mass is 16.5. The molecule has 2 aliphatic heterocycles. The van der Waals surface area contributed by atoms with Crippen LogP contribution in [0.1, 0.15) is 56.9 Å². The molecule has 304 valence electrons. The van der Waals surface area contributed by atoms with Gasteiger partial charge in [0.25, 0.3) is 0 Å². The maximum atomic E-state index is 6.85. The molecule has 9 aromatic rings. The summed E-state index contributed by atoms with van der Waals surface area (Å²) >= 11 is 0. The van der Waals surface area contributed by atoms with Gasteiger partial charge >= 0.3 is 0 Å². The normalized spacial score (nSPS) is 14.0. The SMILES string of the molecule is CC(C)(C)c1ccnc(-n2c3ccccc3c3ccc(Oc4ccc5c(c4)N4CN(CCc6c(-c7ccccc7)cccc6-c6ccccc6)c6cccc(c64)C5(C)C)cc32)c1. The number of hydrogen-bond acceptors (Lipinski definition) is 4. The van der Waals surface area contributed by atoms with E-state index in [0.29, 0.717) is 0 Å². The lowest BCUT2D eigenvalue weighted by molar-refractivity contribution is 0.482. The Balaban J connectivity index is 0.945. The number of hydrogen-bond donors (Lipinski definition) is 0. The first kappa shape index (κ1) is 37.9. The highest BCUT2D eigenvalue weighted by Gasteiger charge is 2.42. The van der Waals surface area contributed by atoms with Crippen molar-refractivity contribution in [2.75, 3.05) is 23.0 Å². The van der Waals surface area contributed by atoms with Crippen LogP contribution >= 0.6 is 0 Å². The van der Waals surface area contributed by atoms with E-state index in [2.05, 4.69) is 219 Å². The number of nitrogens with zero attached hydrogens (tertiary/aromatic N) is 4. The van der Waals surface area contributed by atoms with Crippen LogP contribution in [0.25, 0.3) is 49.9 Å². The van der Waals surface area contributed by atoms with Crippen LogP contribution in [-0.4, -0.2) is 22.8 Å². The largest absolute Gasteiger partial charge is 0.457 e. The molecule has 2 aliphatic rings. The molecule has 4 heterocycles. The van der Waals surface area contributed by atoms with Crippen LogP contribution in [0.2, 0.25) is 0 Å². The van der Waals surface area contributed by atoms with Gasteiger partial charge < -0.3 is 14.5 Å². The lowest BCUT2D eigenvalue weighted by Crippen LogP contribution is -2.34. The van der Waals surface area contributed by atoms with Crippen molar-refractivity contribution in [1.29, 1.82) is 0 Å². The van der Waals surface area contributed by atoms with Crippen molar-refractivity contribution in [3.63, 3.8) is 0 Å². The summed E-state index contributed by atoms with van der Waals surface area (Å²) in [7, 11) is 0. The summed E-state index contributed by atoms with van der Waals surface area (Å²) in [6.07, 6.45) is 2.83. The van der Waals surface area contributed by atoms with Crippen LogP contribution in [0.5, 0.6) is 11.5 Å². The minimum absolute atomic E-state index is 0.000915. The summed E-state index contributed by atoms with van der Waals surface area (Å²) in [5.41, 5.74) is 16.2. The number of para-hydroxylation sites is 2. The Morgan fingerprint density at radius 1 is 0.597 bits per heavy atom. The summed E-state index contributed by atoms with van der Waals surface area (Å²) in [4.78, 5) is 9.99. The molecule has 0 radical (unpaired) electrons. The molecule has 11 rings (SSSR count). The first-order chi connectivity index (χ1) is 30.1. The van der Waals surface area contributed by atoms with Gasteiger partial charge in [0.15, 0.2) is 0 Å². The third-order valence-electron chi connectivity index (χ3n) is 13.2. The van der Waals surface area contributed by atoms with Gasteiger partial charge in [-0.05, 0) is 98.8 Å². The van der Waals surface area contributed by atoms with Gasteiger partial charge in [0.05, 0.1) is 34.8 Å². The fraction of sp³-hybridized carbons (Fsp3) is 0.175. The van der Waals surface area contributed by atoms with Gasteiger partial charge in [-0.2, -0.15) is 0 Å². The highest BCUT2D eigenvalue weighted by Crippen LogP contribution is 2.56. The first-order valence-electron chi connectivity index (χ1n) is 21.8. The summed E-state index contributed by atoms with van der Waals surface area (Å²) in [6.45, 7) is 13.1. The summed E-state index contributed by atoms with van der Waals surface area (Å²) in [6, 6.07) is 61.4. The summed E-state index contributed by atoms with van der Waals surface area (Å²) < 4.78 is 9.13. The van der Waals surface area contributed by atoms with Gasteiger partial charge in [0, 0.05) is 41.1 Å². The quantitative estimate of drug-likeness (QED) is 0.153. The molecule has 0 atom stereocenters. The second-order valence-corrected chi connectivity index (χ2v) is 18.4. The molecular weight excluding hydrogens is 757 g/mol. The zero-order valence-corrected chi connectivity index (χ0v) is 36.1. The van der Waals surface area contributed by atoms with E-state index in [4.69, 9.17) is 9.72 Å². The van der Waals surface area contributed by atoms with E-state index in [0.717, 1.165) is 48.0 Å². The zero-order chi connectivity index (χ0) is 42.2. The van der Waals surface area contributed by atoms with E-state index < -0.39 is 0 Å². The molecule has 0 N–H and O–H groups in total. The Morgan fingerprint density at radius 3 is 2.00 bits per heavy atom. The fourth-order valence-corrected chi connectivity index (χ4v) is 10.0. The number of rotatable bonds is 8. The van der Waals surface area contributed by atoms with Gasteiger partial charge in [-0.25, -0.2) is 4.98 Å². The number of pyridine rings is 1. The van der Waals surface area contributed by atoms with Gasteiger partial charge in [0.2, 0.25) is 0 Å². The molecule has 0 bridgehead atoms. The number of ether oxygens (including phenoxy) is 1. The molecule has 0 unspecified atom stereocenters. The molecule has 5 heteroatoms. The van der Waals surface area contributed by atoms with E-state index in [-0.39, 0.29) is 10.8 Å². The van der Waals surface area contributed by atoms with Crippen LogP contribution < -0.4 is 14.5 Å². The Morgan fingerprint density at radius 2 is 1.26 bits per heavy atom. The van der Waals surface area contributed by atoms with Crippen LogP contribution in [0.3, 0.4) is 0 Å². The van der Waals surface area contributed by atoms with Crippen molar-refractivity contribution >= 4 is 38.9 Å². The monoisotopic (exact) mass is 806 g/mol. The van der Waals surface area contributed by atoms with Crippen LogP contribution in [-0.2, 0) is 17.3 Å². The molecule has 0 saturated heterocycles. The van der Waals surface area contributed by atoms with Crippen molar-refractivity contribution in [1.82, 2.24) is 9.55 Å². The first-order valence-corrected chi connectivity index (χ1v) is 21.8. The molecule has 0 spiro atoms. The van der Waals surface area contributed by atoms with Crippen molar-refractivity contribution in [2.24, 2.45) is 0 Å². The lowest BCUT2D eigenvalue weighted by Gasteiger charge is -2.39. The zero-order valence-electron chi connectivity index (χ0n) is 36.1.